The molecule has 11 heteroatoms. The Kier molecular flexibility index (Phi) is 7.76. The Morgan fingerprint density at radius 3 is 2.54 bits per heavy atom. The van der Waals surface area contributed by atoms with E-state index in [0.717, 1.165) is 31.4 Å². The zero-order chi connectivity index (χ0) is 24.5. The molecule has 3 heterocycles. The smallest absolute Gasteiger partial charge is 0.457 e. The lowest BCUT2D eigenvalue weighted by Crippen LogP contribution is -2.16. The van der Waals surface area contributed by atoms with Crippen LogP contribution in [0, 0.1) is 0 Å². The van der Waals surface area contributed by atoms with E-state index in [-0.39, 0.29) is 18.4 Å². The van der Waals surface area contributed by atoms with Crippen LogP contribution in [0.5, 0.6) is 11.8 Å². The molecule has 0 aliphatic carbocycles. The van der Waals surface area contributed by atoms with E-state index < -0.39 is 6.36 Å². The van der Waals surface area contributed by atoms with Gasteiger partial charge in [-0.2, -0.15) is 5.10 Å². The second kappa shape index (κ2) is 11.3. The molecule has 0 spiro atoms. The molecule has 182 valence electrons. The van der Waals surface area contributed by atoms with E-state index in [4.69, 9.17) is 9.15 Å². The predicted octanol–water partition coefficient (Wildman–Crippen LogP) is 5.33. The number of rotatable bonds is 11. The molecule has 8 nitrogen and oxygen atoms in total. The van der Waals surface area contributed by atoms with Crippen LogP contribution in [0.4, 0.5) is 13.2 Å². The third-order valence-electron chi connectivity index (χ3n) is 4.79. The van der Waals surface area contributed by atoms with E-state index in [1.807, 2.05) is 16.9 Å². The highest BCUT2D eigenvalue weighted by Gasteiger charge is 2.30. The predicted molar refractivity (Wildman–Crippen MR) is 120 cm³/mol. The molecule has 0 amide bonds. The van der Waals surface area contributed by atoms with Gasteiger partial charge in [-0.05, 0) is 54.7 Å². The highest BCUT2D eigenvalue weighted by Crippen LogP contribution is 2.23. The number of hydrogen-bond acceptors (Lipinski definition) is 7. The number of aromatic nitrogens is 5. The van der Waals surface area contributed by atoms with Crippen molar-refractivity contribution in [2.24, 2.45) is 0 Å². The zero-order valence-corrected chi connectivity index (χ0v) is 18.6. The van der Waals surface area contributed by atoms with Gasteiger partial charge in [0.2, 0.25) is 5.89 Å². The molecule has 0 saturated carbocycles. The van der Waals surface area contributed by atoms with E-state index in [2.05, 4.69) is 24.8 Å². The minimum absolute atomic E-state index is 0.129. The molecule has 0 radical (unpaired) electrons. The Morgan fingerprint density at radius 2 is 1.83 bits per heavy atom. The number of hydrogen-bond donors (Lipinski definition) is 0. The van der Waals surface area contributed by atoms with Crippen molar-refractivity contribution in [2.75, 3.05) is 0 Å². The van der Waals surface area contributed by atoms with Crippen LogP contribution < -0.4 is 9.47 Å². The molecule has 0 fully saturated rings. The largest absolute Gasteiger partial charge is 0.573 e. The highest BCUT2D eigenvalue weighted by molar-refractivity contribution is 5.66. The molecular weight excluding hydrogens is 463 g/mol. The average Bonchev–Trinajstić information content (AvgIpc) is 3.52. The average molecular weight is 485 g/mol. The van der Waals surface area contributed by atoms with E-state index in [0.29, 0.717) is 17.1 Å². The van der Waals surface area contributed by atoms with Gasteiger partial charge < -0.3 is 13.9 Å². The summed E-state index contributed by atoms with van der Waals surface area (Å²) >= 11 is 0. The van der Waals surface area contributed by atoms with Crippen molar-refractivity contribution in [1.29, 1.82) is 0 Å². The first-order valence-electron chi connectivity index (χ1n) is 10.8. The number of oxazole rings is 1. The van der Waals surface area contributed by atoms with Gasteiger partial charge in [0.1, 0.15) is 24.3 Å². The minimum Gasteiger partial charge on any atom is -0.457 e. The molecule has 0 aliphatic heterocycles. The maximum absolute atomic E-state index is 12.2. The van der Waals surface area contributed by atoms with Crippen molar-refractivity contribution >= 4 is 12.2 Å². The second-order valence-corrected chi connectivity index (χ2v) is 7.52. The third kappa shape index (κ3) is 7.98. The standard InChI is InChI=1S/C24H22F3N5O3/c25-24(26,27)35-21-8-5-18(6-9-21)7-10-22-31-20(16-33-22)17-34-23-28-14-19(15-29-23)4-1-2-12-32-13-3-11-30-32/h3,5-11,13-16H,1-2,4,12,17H2. The lowest BCUT2D eigenvalue weighted by atomic mass is 10.1. The van der Waals surface area contributed by atoms with Crippen LogP contribution in [0.3, 0.4) is 0 Å². The molecule has 3 aromatic heterocycles. The van der Waals surface area contributed by atoms with Crippen molar-refractivity contribution in [1.82, 2.24) is 24.7 Å². The maximum atomic E-state index is 12.2. The van der Waals surface area contributed by atoms with Crippen molar-refractivity contribution < 1.29 is 27.1 Å². The van der Waals surface area contributed by atoms with Gasteiger partial charge in [-0.25, -0.2) is 15.0 Å². The third-order valence-corrected chi connectivity index (χ3v) is 4.79. The lowest BCUT2D eigenvalue weighted by molar-refractivity contribution is -0.274. The molecule has 1 aromatic carbocycles. The fraction of sp³-hybridized carbons (Fsp3) is 0.250. The van der Waals surface area contributed by atoms with Gasteiger partial charge in [0, 0.05) is 37.4 Å². The van der Waals surface area contributed by atoms with Crippen LogP contribution in [-0.4, -0.2) is 31.1 Å². The summed E-state index contributed by atoms with van der Waals surface area (Å²) in [5, 5.41) is 4.18. The fourth-order valence-electron chi connectivity index (χ4n) is 3.13. The molecule has 4 rings (SSSR count). The highest BCUT2D eigenvalue weighted by atomic mass is 19.4. The number of benzene rings is 1. The number of ether oxygens (including phenoxy) is 2. The van der Waals surface area contributed by atoms with Crippen molar-refractivity contribution in [3.05, 3.63) is 84.1 Å². The number of halogens is 3. The van der Waals surface area contributed by atoms with Gasteiger partial charge in [-0.15, -0.1) is 13.2 Å². The maximum Gasteiger partial charge on any atom is 0.573 e. The molecule has 0 N–H and O–H groups in total. The summed E-state index contributed by atoms with van der Waals surface area (Å²) in [7, 11) is 0. The fourth-order valence-corrected chi connectivity index (χ4v) is 3.13. The van der Waals surface area contributed by atoms with Crippen LogP contribution in [0.15, 0.2) is 65.8 Å². The molecule has 0 bridgehead atoms. The first-order chi connectivity index (χ1) is 16.9. The number of nitrogens with zero attached hydrogens (tertiary/aromatic N) is 5. The molecule has 0 saturated heterocycles. The summed E-state index contributed by atoms with van der Waals surface area (Å²) in [4.78, 5) is 12.7. The Balaban J connectivity index is 1.20. The van der Waals surface area contributed by atoms with Crippen LogP contribution in [-0.2, 0) is 19.6 Å². The van der Waals surface area contributed by atoms with Crippen LogP contribution >= 0.6 is 0 Å². The van der Waals surface area contributed by atoms with Gasteiger partial charge in [0.15, 0.2) is 0 Å². The summed E-state index contributed by atoms with van der Waals surface area (Å²) in [6.07, 6.45) is 10.1. The monoisotopic (exact) mass is 485 g/mol. The second-order valence-electron chi connectivity index (χ2n) is 7.52. The molecular formula is C24H22F3N5O3. The first-order valence-corrected chi connectivity index (χ1v) is 10.8. The summed E-state index contributed by atoms with van der Waals surface area (Å²) in [5.41, 5.74) is 2.24. The van der Waals surface area contributed by atoms with Crippen molar-refractivity contribution in [3.8, 4) is 11.8 Å². The minimum atomic E-state index is -4.72. The normalized spacial score (nSPS) is 11.7. The summed E-state index contributed by atoms with van der Waals surface area (Å²) in [5.74, 6) is 0.0384. The van der Waals surface area contributed by atoms with E-state index >= 15 is 0 Å². The van der Waals surface area contributed by atoms with Crippen LogP contribution in [0.2, 0.25) is 0 Å². The van der Waals surface area contributed by atoms with E-state index in [1.54, 1.807) is 30.7 Å². The van der Waals surface area contributed by atoms with Crippen molar-refractivity contribution in [3.63, 3.8) is 0 Å². The van der Waals surface area contributed by atoms with Gasteiger partial charge in [0.25, 0.3) is 0 Å². The Morgan fingerprint density at radius 1 is 1.03 bits per heavy atom. The quantitative estimate of drug-likeness (QED) is 0.265. The Bertz CT molecular complexity index is 1200. The van der Waals surface area contributed by atoms with Gasteiger partial charge in [0.05, 0.1) is 0 Å². The van der Waals surface area contributed by atoms with Crippen LogP contribution in [0.1, 0.15) is 35.6 Å². The Labute approximate surface area is 199 Å². The number of unbranched alkanes of at least 4 members (excludes halogenated alkanes) is 1. The summed E-state index contributed by atoms with van der Waals surface area (Å²) in [6, 6.07) is 7.59. The van der Waals surface area contributed by atoms with Crippen molar-refractivity contribution in [2.45, 2.75) is 38.8 Å². The molecule has 35 heavy (non-hydrogen) atoms. The van der Waals surface area contributed by atoms with E-state index in [9.17, 15) is 13.2 Å². The first kappa shape index (κ1) is 24.0. The number of aryl methyl sites for hydroxylation is 2. The summed E-state index contributed by atoms with van der Waals surface area (Å²) in [6.45, 7) is 1.01. The summed E-state index contributed by atoms with van der Waals surface area (Å²) < 4.78 is 53.4. The zero-order valence-electron chi connectivity index (χ0n) is 18.6. The van der Waals surface area contributed by atoms with Gasteiger partial charge in [-0.3, -0.25) is 4.68 Å². The number of alkyl halides is 3. The molecule has 4 aromatic rings. The van der Waals surface area contributed by atoms with Gasteiger partial charge >= 0.3 is 12.4 Å². The molecule has 0 aliphatic rings. The van der Waals surface area contributed by atoms with E-state index in [1.165, 1.54) is 30.5 Å². The molecule has 0 unspecified atom stereocenters. The topological polar surface area (TPSA) is 88.1 Å². The molecule has 0 atom stereocenters. The SMILES string of the molecule is FC(F)(F)Oc1ccc(C=Cc2nc(COc3ncc(CCCCn4cccn4)cn3)co2)cc1. The van der Waals surface area contributed by atoms with Gasteiger partial charge in [-0.1, -0.05) is 12.1 Å². The Hall–Kier alpha value is -4.15. The van der Waals surface area contributed by atoms with Crippen LogP contribution in [0.25, 0.3) is 12.2 Å². The lowest BCUT2D eigenvalue weighted by Gasteiger charge is -2.08.